The topological polar surface area (TPSA) is 84.2 Å². The lowest BCUT2D eigenvalue weighted by Gasteiger charge is -2.07. The number of rotatable bonds is 4. The molecule has 0 saturated carbocycles. The Hall–Kier alpha value is -2.96. The summed E-state index contributed by atoms with van der Waals surface area (Å²) in [5.41, 5.74) is 2.41. The molecule has 0 spiro atoms. The Labute approximate surface area is 133 Å². The standard InChI is InChI=1S/C16H18N6O/c1-11(2)15-20-14-4-3-13(10-22(14)21-15)19-16(23)18-9-12-5-7-17-8-6-12/h3-8,10-11H,9H2,1-2H3,(H2,18,19,23). The quantitative estimate of drug-likeness (QED) is 0.775. The molecule has 7 heteroatoms. The molecule has 0 fully saturated rings. The number of carbonyl (C=O) groups is 1. The molecule has 2 N–H and O–H groups in total. The van der Waals surface area contributed by atoms with Gasteiger partial charge in [0.25, 0.3) is 0 Å². The average Bonchev–Trinajstić information content (AvgIpc) is 2.97. The highest BCUT2D eigenvalue weighted by Gasteiger charge is 2.08. The van der Waals surface area contributed by atoms with Crippen LogP contribution in [-0.2, 0) is 6.54 Å². The van der Waals surface area contributed by atoms with Gasteiger partial charge >= 0.3 is 6.03 Å². The molecule has 2 amide bonds. The van der Waals surface area contributed by atoms with E-state index in [1.54, 1.807) is 29.2 Å². The second-order valence-corrected chi connectivity index (χ2v) is 5.51. The summed E-state index contributed by atoms with van der Waals surface area (Å²) in [7, 11) is 0. The van der Waals surface area contributed by atoms with E-state index < -0.39 is 0 Å². The number of anilines is 1. The highest BCUT2D eigenvalue weighted by Crippen LogP contribution is 2.14. The number of hydrogen-bond acceptors (Lipinski definition) is 4. The van der Waals surface area contributed by atoms with Gasteiger partial charge < -0.3 is 10.6 Å². The van der Waals surface area contributed by atoms with Crippen LogP contribution in [0.2, 0.25) is 0 Å². The van der Waals surface area contributed by atoms with Crippen LogP contribution in [0.3, 0.4) is 0 Å². The van der Waals surface area contributed by atoms with E-state index in [0.717, 1.165) is 17.0 Å². The normalized spacial score (nSPS) is 10.9. The Kier molecular flexibility index (Phi) is 4.18. The van der Waals surface area contributed by atoms with Crippen molar-refractivity contribution in [2.24, 2.45) is 0 Å². The zero-order valence-corrected chi connectivity index (χ0v) is 13.0. The molecule has 0 unspecified atom stereocenters. The van der Waals surface area contributed by atoms with E-state index in [1.165, 1.54) is 0 Å². The summed E-state index contributed by atoms with van der Waals surface area (Å²) in [4.78, 5) is 20.3. The lowest BCUT2D eigenvalue weighted by atomic mass is 10.2. The molecule has 0 aliphatic heterocycles. The van der Waals surface area contributed by atoms with Crippen molar-refractivity contribution in [3.05, 3.63) is 54.2 Å². The third-order valence-corrected chi connectivity index (χ3v) is 3.32. The van der Waals surface area contributed by atoms with Crippen LogP contribution in [-0.4, -0.2) is 25.6 Å². The summed E-state index contributed by atoms with van der Waals surface area (Å²) in [6.07, 6.45) is 5.14. The Morgan fingerprint density at radius 1 is 1.22 bits per heavy atom. The van der Waals surface area contributed by atoms with Crippen LogP contribution < -0.4 is 10.6 Å². The molecule has 0 aliphatic carbocycles. The Balaban J connectivity index is 1.65. The van der Waals surface area contributed by atoms with E-state index in [0.29, 0.717) is 12.2 Å². The van der Waals surface area contributed by atoms with Crippen molar-refractivity contribution < 1.29 is 4.79 Å². The molecule has 0 radical (unpaired) electrons. The van der Waals surface area contributed by atoms with E-state index >= 15 is 0 Å². The lowest BCUT2D eigenvalue weighted by Crippen LogP contribution is -2.28. The van der Waals surface area contributed by atoms with E-state index in [1.807, 2.05) is 32.0 Å². The maximum Gasteiger partial charge on any atom is 0.319 e. The summed E-state index contributed by atoms with van der Waals surface area (Å²) in [5, 5.41) is 9.98. The van der Waals surface area contributed by atoms with Gasteiger partial charge in [0, 0.05) is 24.9 Å². The highest BCUT2D eigenvalue weighted by molar-refractivity contribution is 5.89. The molecule has 0 saturated heterocycles. The SMILES string of the molecule is CC(C)c1nc2ccc(NC(=O)NCc3ccncc3)cn2n1. The molecule has 0 aliphatic rings. The zero-order chi connectivity index (χ0) is 16.2. The molecule has 0 bridgehead atoms. The number of fused-ring (bicyclic) bond motifs is 1. The first-order chi connectivity index (χ1) is 11.1. The summed E-state index contributed by atoms with van der Waals surface area (Å²) in [6.45, 7) is 4.53. The summed E-state index contributed by atoms with van der Waals surface area (Å²) in [5.74, 6) is 1.04. The van der Waals surface area contributed by atoms with Crippen LogP contribution in [0.25, 0.3) is 5.65 Å². The van der Waals surface area contributed by atoms with Crippen molar-refractivity contribution >= 4 is 17.4 Å². The number of pyridine rings is 2. The predicted molar refractivity (Wildman–Crippen MR) is 87.2 cm³/mol. The number of nitrogens with one attached hydrogen (secondary N) is 2. The van der Waals surface area contributed by atoms with Gasteiger partial charge in [0.1, 0.15) is 0 Å². The summed E-state index contributed by atoms with van der Waals surface area (Å²) < 4.78 is 1.67. The molecular formula is C16H18N6O. The van der Waals surface area contributed by atoms with Gasteiger partial charge in [-0.1, -0.05) is 13.8 Å². The van der Waals surface area contributed by atoms with Gasteiger partial charge in [0.2, 0.25) is 0 Å². The van der Waals surface area contributed by atoms with Gasteiger partial charge in [-0.15, -0.1) is 0 Å². The first kappa shape index (κ1) is 15.0. The molecule has 0 aromatic carbocycles. The molecule has 3 aromatic rings. The van der Waals surface area contributed by atoms with Crippen molar-refractivity contribution in [2.45, 2.75) is 26.3 Å². The highest BCUT2D eigenvalue weighted by atomic mass is 16.2. The molecule has 7 nitrogen and oxygen atoms in total. The first-order valence-corrected chi connectivity index (χ1v) is 7.42. The zero-order valence-electron chi connectivity index (χ0n) is 13.0. The summed E-state index contributed by atoms with van der Waals surface area (Å²) in [6, 6.07) is 7.08. The number of hydrogen-bond donors (Lipinski definition) is 2. The van der Waals surface area contributed by atoms with Crippen LogP contribution in [0.5, 0.6) is 0 Å². The molecular weight excluding hydrogens is 292 g/mol. The second-order valence-electron chi connectivity index (χ2n) is 5.51. The molecule has 3 heterocycles. The number of amides is 2. The van der Waals surface area contributed by atoms with Crippen molar-refractivity contribution in [2.75, 3.05) is 5.32 Å². The van der Waals surface area contributed by atoms with Gasteiger partial charge in [-0.2, -0.15) is 5.10 Å². The molecule has 23 heavy (non-hydrogen) atoms. The maximum atomic E-state index is 12.0. The van der Waals surface area contributed by atoms with Gasteiger partial charge in [-0.3, -0.25) is 4.98 Å². The third-order valence-electron chi connectivity index (χ3n) is 3.32. The van der Waals surface area contributed by atoms with Gasteiger partial charge in [0.15, 0.2) is 11.5 Å². The largest absolute Gasteiger partial charge is 0.334 e. The molecule has 3 aromatic heterocycles. The average molecular weight is 310 g/mol. The second kappa shape index (κ2) is 6.43. The van der Waals surface area contributed by atoms with Gasteiger partial charge in [-0.25, -0.2) is 14.3 Å². The van der Waals surface area contributed by atoms with Crippen molar-refractivity contribution in [3.8, 4) is 0 Å². The van der Waals surface area contributed by atoms with E-state index in [2.05, 4.69) is 25.7 Å². The monoisotopic (exact) mass is 310 g/mol. The van der Waals surface area contributed by atoms with Crippen LogP contribution in [0.15, 0.2) is 42.9 Å². The van der Waals surface area contributed by atoms with Crippen LogP contribution in [0.4, 0.5) is 10.5 Å². The van der Waals surface area contributed by atoms with Gasteiger partial charge in [0.05, 0.1) is 11.9 Å². The van der Waals surface area contributed by atoms with Crippen molar-refractivity contribution in [1.82, 2.24) is 24.9 Å². The number of aromatic nitrogens is 4. The third kappa shape index (κ3) is 3.63. The van der Waals surface area contributed by atoms with Crippen LogP contribution in [0, 0.1) is 0 Å². The minimum atomic E-state index is -0.273. The predicted octanol–water partition coefficient (Wildman–Crippen LogP) is 2.57. The van der Waals surface area contributed by atoms with E-state index in [9.17, 15) is 4.79 Å². The van der Waals surface area contributed by atoms with Gasteiger partial charge in [-0.05, 0) is 29.8 Å². The van der Waals surface area contributed by atoms with E-state index in [4.69, 9.17) is 0 Å². The number of urea groups is 1. The number of nitrogens with zero attached hydrogens (tertiary/aromatic N) is 4. The minimum absolute atomic E-state index is 0.259. The van der Waals surface area contributed by atoms with Crippen LogP contribution in [0.1, 0.15) is 31.2 Å². The van der Waals surface area contributed by atoms with E-state index in [-0.39, 0.29) is 11.9 Å². The Morgan fingerprint density at radius 2 is 2.00 bits per heavy atom. The lowest BCUT2D eigenvalue weighted by molar-refractivity contribution is 0.251. The Bertz CT molecular complexity index is 812. The van der Waals surface area contributed by atoms with Crippen molar-refractivity contribution in [1.29, 1.82) is 0 Å². The Morgan fingerprint density at radius 3 is 2.74 bits per heavy atom. The molecule has 0 atom stereocenters. The minimum Gasteiger partial charge on any atom is -0.334 e. The number of carbonyl (C=O) groups excluding carboxylic acids is 1. The molecule has 118 valence electrons. The maximum absolute atomic E-state index is 12.0. The van der Waals surface area contributed by atoms with Crippen LogP contribution >= 0.6 is 0 Å². The fourth-order valence-electron chi connectivity index (χ4n) is 2.08. The fraction of sp³-hybridized carbons (Fsp3) is 0.250. The molecule has 3 rings (SSSR count). The fourth-order valence-corrected chi connectivity index (χ4v) is 2.08. The smallest absolute Gasteiger partial charge is 0.319 e. The first-order valence-electron chi connectivity index (χ1n) is 7.42. The summed E-state index contributed by atoms with van der Waals surface area (Å²) >= 11 is 0. The van der Waals surface area contributed by atoms with Crippen molar-refractivity contribution in [3.63, 3.8) is 0 Å².